The molecule has 2 fully saturated rings. The molecule has 0 saturated carbocycles. The molecular formula is C31H35ClN2O5. The molecule has 206 valence electrons. The number of furan rings is 1. The van der Waals surface area contributed by atoms with Gasteiger partial charge in [0.2, 0.25) is 0 Å². The Morgan fingerprint density at radius 2 is 1.69 bits per heavy atom. The van der Waals surface area contributed by atoms with Crippen molar-refractivity contribution in [1.29, 1.82) is 0 Å². The summed E-state index contributed by atoms with van der Waals surface area (Å²) in [7, 11) is 0. The summed E-state index contributed by atoms with van der Waals surface area (Å²) in [4.78, 5) is 28.6. The highest BCUT2D eigenvalue weighted by Gasteiger charge is 2.35. The third-order valence-corrected chi connectivity index (χ3v) is 8.19. The van der Waals surface area contributed by atoms with Crippen LogP contribution in [-0.4, -0.2) is 61.0 Å². The summed E-state index contributed by atoms with van der Waals surface area (Å²) < 4.78 is 17.4. The third-order valence-electron chi connectivity index (χ3n) is 7.85. The van der Waals surface area contributed by atoms with Gasteiger partial charge in [-0.3, -0.25) is 9.59 Å². The monoisotopic (exact) mass is 550 g/mol. The van der Waals surface area contributed by atoms with E-state index in [2.05, 4.69) is 19.9 Å². The van der Waals surface area contributed by atoms with Crippen LogP contribution in [0.4, 0.5) is 0 Å². The summed E-state index contributed by atoms with van der Waals surface area (Å²) in [6, 6.07) is 19.3. The van der Waals surface area contributed by atoms with E-state index in [-0.39, 0.29) is 30.4 Å². The largest absolute Gasteiger partial charge is 0.484 e. The van der Waals surface area contributed by atoms with E-state index in [0.717, 1.165) is 22.6 Å². The number of carbonyl (C=O) groups is 2. The third kappa shape index (κ3) is 6.31. The molecule has 39 heavy (non-hydrogen) atoms. The minimum atomic E-state index is -0.149. The molecular weight excluding hydrogens is 516 g/mol. The van der Waals surface area contributed by atoms with Crippen molar-refractivity contribution in [3.63, 3.8) is 0 Å². The highest BCUT2D eigenvalue weighted by Crippen LogP contribution is 2.44. The molecule has 2 amide bonds. The van der Waals surface area contributed by atoms with Crippen LogP contribution in [-0.2, 0) is 9.53 Å². The maximum Gasteiger partial charge on any atom is 0.289 e. The molecule has 0 unspecified atom stereocenters. The summed E-state index contributed by atoms with van der Waals surface area (Å²) in [6.07, 6.45) is 2.50. The number of piperazine rings is 1. The van der Waals surface area contributed by atoms with Crippen LogP contribution in [0.25, 0.3) is 0 Å². The molecule has 0 spiro atoms. The second-order valence-corrected chi connectivity index (χ2v) is 11.0. The SMILES string of the molecule is CC(C)[C@@H]1C[C@H](c2ccccc2Cl)CO[C@H]1c1ccc(OCC(=O)N2CCN(C(=O)c3ccco3)CC2)cc1. The molecule has 0 radical (unpaired) electrons. The lowest BCUT2D eigenvalue weighted by molar-refractivity contribution is -0.134. The first kappa shape index (κ1) is 27.3. The quantitative estimate of drug-likeness (QED) is 0.371. The average molecular weight is 551 g/mol. The van der Waals surface area contributed by atoms with E-state index in [9.17, 15) is 9.59 Å². The van der Waals surface area contributed by atoms with Gasteiger partial charge < -0.3 is 23.7 Å². The summed E-state index contributed by atoms with van der Waals surface area (Å²) in [6.45, 7) is 6.95. The standard InChI is InChI=1S/C31H35ClN2O5/c1-21(2)26-18-23(25-6-3-4-7-27(25)32)19-39-30(26)22-9-11-24(12-10-22)38-20-29(35)33-13-15-34(16-14-33)31(36)28-8-5-17-37-28/h3-12,17,21,23,26,30H,13-16,18-20H2,1-2H3/t23-,26-,30-/m0/s1. The van der Waals surface area contributed by atoms with E-state index in [1.54, 1.807) is 21.9 Å². The number of nitrogens with zero attached hydrogens (tertiary/aromatic N) is 2. The van der Waals surface area contributed by atoms with Crippen LogP contribution in [0.2, 0.25) is 5.02 Å². The maximum absolute atomic E-state index is 12.7. The summed E-state index contributed by atoms with van der Waals surface area (Å²) in [5, 5.41) is 0.798. The molecule has 3 aromatic rings. The van der Waals surface area contributed by atoms with Gasteiger partial charge in [0, 0.05) is 37.1 Å². The Morgan fingerprint density at radius 3 is 2.36 bits per heavy atom. The van der Waals surface area contributed by atoms with Crippen LogP contribution in [0.1, 0.15) is 54.0 Å². The number of hydrogen-bond acceptors (Lipinski definition) is 5. The van der Waals surface area contributed by atoms with Crippen LogP contribution < -0.4 is 4.74 Å². The summed E-state index contributed by atoms with van der Waals surface area (Å²) >= 11 is 6.48. The molecule has 0 bridgehead atoms. The molecule has 0 N–H and O–H groups in total. The zero-order chi connectivity index (χ0) is 27.4. The fourth-order valence-electron chi connectivity index (χ4n) is 5.56. The summed E-state index contributed by atoms with van der Waals surface area (Å²) in [5.41, 5.74) is 2.27. The minimum Gasteiger partial charge on any atom is -0.484 e. The number of benzene rings is 2. The van der Waals surface area contributed by atoms with E-state index < -0.39 is 0 Å². The van der Waals surface area contributed by atoms with Crippen molar-refractivity contribution >= 4 is 23.4 Å². The van der Waals surface area contributed by atoms with Crippen molar-refractivity contribution in [2.24, 2.45) is 11.8 Å². The van der Waals surface area contributed by atoms with E-state index >= 15 is 0 Å². The normalized spacial score (nSPS) is 21.7. The van der Waals surface area contributed by atoms with Gasteiger partial charge in [-0.1, -0.05) is 55.8 Å². The first-order valence-corrected chi connectivity index (χ1v) is 14.0. The lowest BCUT2D eigenvalue weighted by Gasteiger charge is -2.39. The topological polar surface area (TPSA) is 72.2 Å². The number of carbonyl (C=O) groups excluding carboxylic acids is 2. The predicted molar refractivity (Wildman–Crippen MR) is 149 cm³/mol. The van der Waals surface area contributed by atoms with Gasteiger partial charge in [-0.05, 0) is 59.7 Å². The Morgan fingerprint density at radius 1 is 0.974 bits per heavy atom. The fraction of sp³-hybridized carbons (Fsp3) is 0.419. The highest BCUT2D eigenvalue weighted by atomic mass is 35.5. The zero-order valence-electron chi connectivity index (χ0n) is 22.4. The van der Waals surface area contributed by atoms with Gasteiger partial charge in [0.05, 0.1) is 19.0 Å². The Bertz CT molecular complexity index is 1250. The van der Waals surface area contributed by atoms with Crippen LogP contribution in [0.3, 0.4) is 0 Å². The molecule has 1 aromatic heterocycles. The number of ether oxygens (including phenoxy) is 2. The van der Waals surface area contributed by atoms with Crippen LogP contribution in [0.5, 0.6) is 5.75 Å². The molecule has 5 rings (SSSR count). The maximum atomic E-state index is 12.7. The first-order valence-electron chi connectivity index (χ1n) is 13.6. The van der Waals surface area contributed by atoms with Gasteiger partial charge in [0.15, 0.2) is 12.4 Å². The molecule has 2 saturated heterocycles. The van der Waals surface area contributed by atoms with Crippen molar-refractivity contribution in [2.75, 3.05) is 39.4 Å². The number of amides is 2. The van der Waals surface area contributed by atoms with Crippen molar-refractivity contribution in [2.45, 2.75) is 32.3 Å². The average Bonchev–Trinajstić information content (AvgIpc) is 3.51. The van der Waals surface area contributed by atoms with Crippen molar-refractivity contribution in [3.8, 4) is 5.75 Å². The van der Waals surface area contributed by atoms with Gasteiger partial charge in [0.25, 0.3) is 11.8 Å². The molecule has 2 aliphatic heterocycles. The van der Waals surface area contributed by atoms with Crippen molar-refractivity contribution < 1.29 is 23.5 Å². The van der Waals surface area contributed by atoms with Gasteiger partial charge in [-0.15, -0.1) is 0 Å². The van der Waals surface area contributed by atoms with Gasteiger partial charge in [0.1, 0.15) is 5.75 Å². The van der Waals surface area contributed by atoms with Crippen LogP contribution in [0.15, 0.2) is 71.3 Å². The molecule has 8 heteroatoms. The Balaban J connectivity index is 1.13. The fourth-order valence-corrected chi connectivity index (χ4v) is 5.85. The molecule has 2 aliphatic rings. The van der Waals surface area contributed by atoms with Gasteiger partial charge >= 0.3 is 0 Å². The second-order valence-electron chi connectivity index (χ2n) is 10.6. The second kappa shape index (κ2) is 12.3. The zero-order valence-corrected chi connectivity index (χ0v) is 23.2. The molecule has 3 atom stereocenters. The highest BCUT2D eigenvalue weighted by molar-refractivity contribution is 6.31. The predicted octanol–water partition coefficient (Wildman–Crippen LogP) is 5.81. The van der Waals surface area contributed by atoms with E-state index in [4.69, 9.17) is 25.5 Å². The van der Waals surface area contributed by atoms with E-state index in [1.165, 1.54) is 6.26 Å². The van der Waals surface area contributed by atoms with Gasteiger partial charge in [-0.25, -0.2) is 0 Å². The molecule has 3 heterocycles. The number of hydrogen-bond donors (Lipinski definition) is 0. The first-order chi connectivity index (χ1) is 18.9. The lowest BCUT2D eigenvalue weighted by Crippen LogP contribution is -2.51. The Kier molecular flexibility index (Phi) is 8.58. The van der Waals surface area contributed by atoms with Crippen LogP contribution in [0, 0.1) is 11.8 Å². The van der Waals surface area contributed by atoms with Crippen molar-refractivity contribution in [3.05, 3.63) is 88.8 Å². The molecule has 2 aromatic carbocycles. The minimum absolute atomic E-state index is 0.000367. The Labute approximate surface area is 234 Å². The van der Waals surface area contributed by atoms with Crippen molar-refractivity contribution in [1.82, 2.24) is 9.80 Å². The number of halogens is 1. The molecule has 0 aliphatic carbocycles. The molecule has 7 nitrogen and oxygen atoms in total. The Hall–Kier alpha value is -3.29. The van der Waals surface area contributed by atoms with E-state index in [1.807, 2.05) is 42.5 Å². The van der Waals surface area contributed by atoms with E-state index in [0.29, 0.717) is 56.1 Å². The van der Waals surface area contributed by atoms with Crippen LogP contribution >= 0.6 is 11.6 Å². The van der Waals surface area contributed by atoms with Gasteiger partial charge in [-0.2, -0.15) is 0 Å². The lowest BCUT2D eigenvalue weighted by atomic mass is 9.76. The number of rotatable bonds is 7. The smallest absolute Gasteiger partial charge is 0.289 e. The summed E-state index contributed by atoms with van der Waals surface area (Å²) in [5.74, 6) is 1.80.